The zero-order valence-corrected chi connectivity index (χ0v) is 12.5. The summed E-state index contributed by atoms with van der Waals surface area (Å²) in [5.41, 5.74) is -0.0911. The molecule has 0 aliphatic heterocycles. The molecule has 0 saturated heterocycles. The Kier molecular flexibility index (Phi) is 6.63. The van der Waals surface area contributed by atoms with Crippen molar-refractivity contribution in [2.45, 2.75) is 26.7 Å². The minimum atomic E-state index is -0.333. The maximum absolute atomic E-state index is 11.9. The van der Waals surface area contributed by atoms with Crippen LogP contribution in [0.15, 0.2) is 15.8 Å². The van der Waals surface area contributed by atoms with Crippen LogP contribution in [-0.2, 0) is 30.1 Å². The van der Waals surface area contributed by atoms with Crippen LogP contribution in [0.3, 0.4) is 0 Å². The van der Waals surface area contributed by atoms with Crippen molar-refractivity contribution in [1.82, 2.24) is 14.5 Å². The van der Waals surface area contributed by atoms with Crippen molar-refractivity contribution in [3.63, 3.8) is 0 Å². The van der Waals surface area contributed by atoms with Gasteiger partial charge < -0.3 is 19.4 Å². The van der Waals surface area contributed by atoms with E-state index < -0.39 is 0 Å². The molecule has 0 amide bonds. The Morgan fingerprint density at radius 1 is 1.20 bits per heavy atom. The number of nitrogens with one attached hydrogen (secondary N) is 1. The fraction of sp³-hybridized carbons (Fsp3) is 0.692. The van der Waals surface area contributed by atoms with Gasteiger partial charge in [-0.25, -0.2) is 4.79 Å². The fourth-order valence-electron chi connectivity index (χ4n) is 1.87. The number of hydrogen-bond donors (Lipinski definition) is 1. The van der Waals surface area contributed by atoms with Crippen molar-refractivity contribution in [2.24, 2.45) is 14.1 Å². The molecule has 7 heteroatoms. The first-order valence-electron chi connectivity index (χ1n) is 6.70. The summed E-state index contributed by atoms with van der Waals surface area (Å²) in [6, 6.07) is 0. The lowest BCUT2D eigenvalue weighted by Gasteiger charge is -2.17. The Balaban J connectivity index is 2.66. The van der Waals surface area contributed by atoms with Crippen LogP contribution in [0.1, 0.15) is 19.4 Å². The van der Waals surface area contributed by atoms with E-state index in [-0.39, 0.29) is 17.5 Å². The second kappa shape index (κ2) is 7.98. The van der Waals surface area contributed by atoms with Crippen LogP contribution < -0.4 is 16.6 Å². The van der Waals surface area contributed by atoms with Gasteiger partial charge in [0.15, 0.2) is 6.29 Å². The van der Waals surface area contributed by atoms with Gasteiger partial charge in [-0.15, -0.1) is 0 Å². The average molecular weight is 285 g/mol. The summed E-state index contributed by atoms with van der Waals surface area (Å²) in [6.07, 6.45) is 1.22. The summed E-state index contributed by atoms with van der Waals surface area (Å²) in [4.78, 5) is 23.5. The standard InChI is InChI=1S/C13H23N3O4/c1-5-19-11(20-6-2)8-14-7-10-9-15(3)13(18)16(4)12(10)17/h9,11,14H,5-8H2,1-4H3. The van der Waals surface area contributed by atoms with Crippen LogP contribution in [0.25, 0.3) is 0 Å². The minimum absolute atomic E-state index is 0.287. The van der Waals surface area contributed by atoms with Crippen LogP contribution in [0.4, 0.5) is 0 Å². The van der Waals surface area contributed by atoms with E-state index in [4.69, 9.17) is 9.47 Å². The number of ether oxygens (including phenoxy) is 2. The first kappa shape index (κ1) is 16.6. The smallest absolute Gasteiger partial charge is 0.330 e. The molecule has 1 heterocycles. The predicted octanol–water partition coefficient (Wildman–Crippen LogP) is -0.427. The maximum atomic E-state index is 11.9. The molecule has 1 N–H and O–H groups in total. The number of hydrogen-bond acceptors (Lipinski definition) is 5. The van der Waals surface area contributed by atoms with E-state index in [9.17, 15) is 9.59 Å². The first-order chi connectivity index (χ1) is 9.51. The zero-order valence-electron chi connectivity index (χ0n) is 12.5. The lowest BCUT2D eigenvalue weighted by molar-refractivity contribution is -0.133. The van der Waals surface area contributed by atoms with Crippen LogP contribution in [-0.4, -0.2) is 35.2 Å². The largest absolute Gasteiger partial charge is 0.352 e. The van der Waals surface area contributed by atoms with E-state index >= 15 is 0 Å². The summed E-state index contributed by atoms with van der Waals surface area (Å²) in [6.45, 7) is 5.76. The number of nitrogens with zero attached hydrogens (tertiary/aromatic N) is 2. The third kappa shape index (κ3) is 4.29. The Morgan fingerprint density at radius 3 is 2.35 bits per heavy atom. The molecule has 0 radical (unpaired) electrons. The monoisotopic (exact) mass is 285 g/mol. The van der Waals surface area contributed by atoms with Gasteiger partial charge in [-0.3, -0.25) is 9.36 Å². The van der Waals surface area contributed by atoms with Crippen LogP contribution in [0.5, 0.6) is 0 Å². The van der Waals surface area contributed by atoms with Crippen molar-refractivity contribution in [1.29, 1.82) is 0 Å². The molecule has 0 unspecified atom stereocenters. The van der Waals surface area contributed by atoms with Crippen LogP contribution >= 0.6 is 0 Å². The fourth-order valence-corrected chi connectivity index (χ4v) is 1.87. The SMILES string of the molecule is CCOC(CNCc1cn(C)c(=O)n(C)c1=O)OCC. The van der Waals surface area contributed by atoms with Crippen molar-refractivity contribution in [3.05, 3.63) is 32.6 Å². The molecule has 0 spiro atoms. The van der Waals surface area contributed by atoms with Crippen molar-refractivity contribution < 1.29 is 9.47 Å². The predicted molar refractivity (Wildman–Crippen MR) is 75.7 cm³/mol. The van der Waals surface area contributed by atoms with Gasteiger partial charge in [-0.2, -0.15) is 0 Å². The summed E-state index contributed by atoms with van der Waals surface area (Å²) in [7, 11) is 3.09. The first-order valence-corrected chi connectivity index (χ1v) is 6.70. The van der Waals surface area contributed by atoms with Gasteiger partial charge in [0.1, 0.15) is 0 Å². The van der Waals surface area contributed by atoms with E-state index in [1.54, 1.807) is 13.2 Å². The molecule has 114 valence electrons. The molecule has 0 atom stereocenters. The number of rotatable bonds is 8. The molecule has 20 heavy (non-hydrogen) atoms. The molecule has 7 nitrogen and oxygen atoms in total. The molecule has 1 aromatic heterocycles. The summed E-state index contributed by atoms with van der Waals surface area (Å²) in [5, 5.41) is 3.11. The second-order valence-corrected chi connectivity index (χ2v) is 4.38. The Labute approximate surface area is 118 Å². The highest BCUT2D eigenvalue weighted by atomic mass is 16.7. The summed E-state index contributed by atoms with van der Waals surface area (Å²) >= 11 is 0. The molecule has 0 aliphatic rings. The number of aromatic nitrogens is 2. The quantitative estimate of drug-likeness (QED) is 0.656. The molecule has 0 aromatic carbocycles. The van der Waals surface area contributed by atoms with Crippen LogP contribution in [0.2, 0.25) is 0 Å². The van der Waals surface area contributed by atoms with E-state index in [1.165, 1.54) is 11.6 Å². The number of aryl methyl sites for hydroxylation is 1. The molecule has 0 fully saturated rings. The Morgan fingerprint density at radius 2 is 1.80 bits per heavy atom. The summed E-state index contributed by atoms with van der Waals surface area (Å²) < 4.78 is 13.3. The van der Waals surface area contributed by atoms with E-state index in [0.29, 0.717) is 31.9 Å². The highest BCUT2D eigenvalue weighted by Crippen LogP contribution is 1.94. The van der Waals surface area contributed by atoms with Gasteiger partial charge in [-0.1, -0.05) is 0 Å². The van der Waals surface area contributed by atoms with Gasteiger partial charge >= 0.3 is 5.69 Å². The van der Waals surface area contributed by atoms with Crippen molar-refractivity contribution in [3.8, 4) is 0 Å². The molecular weight excluding hydrogens is 262 g/mol. The highest BCUT2D eigenvalue weighted by Gasteiger charge is 2.09. The Hall–Kier alpha value is -1.44. The lowest BCUT2D eigenvalue weighted by Crippen LogP contribution is -2.40. The third-order valence-corrected chi connectivity index (χ3v) is 2.85. The highest BCUT2D eigenvalue weighted by molar-refractivity contribution is 5.05. The van der Waals surface area contributed by atoms with E-state index in [2.05, 4.69) is 5.32 Å². The zero-order chi connectivity index (χ0) is 15.1. The van der Waals surface area contributed by atoms with Crippen LogP contribution in [0, 0.1) is 0 Å². The minimum Gasteiger partial charge on any atom is -0.352 e. The van der Waals surface area contributed by atoms with Gasteiger partial charge in [0.2, 0.25) is 0 Å². The van der Waals surface area contributed by atoms with E-state index in [0.717, 1.165) is 4.57 Å². The molecule has 0 aliphatic carbocycles. The van der Waals surface area contributed by atoms with Gasteiger partial charge in [-0.05, 0) is 13.8 Å². The summed E-state index contributed by atoms with van der Waals surface area (Å²) in [5.74, 6) is 0. The third-order valence-electron chi connectivity index (χ3n) is 2.85. The van der Waals surface area contributed by atoms with Gasteiger partial charge in [0.05, 0.1) is 0 Å². The second-order valence-electron chi connectivity index (χ2n) is 4.38. The molecule has 0 saturated carbocycles. The average Bonchev–Trinajstić information content (AvgIpc) is 2.42. The van der Waals surface area contributed by atoms with Gasteiger partial charge in [0, 0.05) is 52.2 Å². The molecule has 1 rings (SSSR count). The Bertz CT molecular complexity index is 529. The van der Waals surface area contributed by atoms with Gasteiger partial charge in [0.25, 0.3) is 5.56 Å². The lowest BCUT2D eigenvalue weighted by atomic mass is 10.3. The molecule has 0 bridgehead atoms. The molecular formula is C13H23N3O4. The van der Waals surface area contributed by atoms with Crippen molar-refractivity contribution >= 4 is 0 Å². The molecule has 1 aromatic rings. The normalized spacial score (nSPS) is 11.2. The van der Waals surface area contributed by atoms with E-state index in [1.807, 2.05) is 13.8 Å². The van der Waals surface area contributed by atoms with Crippen molar-refractivity contribution in [2.75, 3.05) is 19.8 Å². The topological polar surface area (TPSA) is 74.5 Å². The maximum Gasteiger partial charge on any atom is 0.330 e.